The van der Waals surface area contributed by atoms with Crippen LogP contribution in [0.25, 0.3) is 17.2 Å². The van der Waals surface area contributed by atoms with Crippen molar-refractivity contribution in [1.82, 2.24) is 15.5 Å². The van der Waals surface area contributed by atoms with E-state index in [0.717, 1.165) is 40.8 Å². The van der Waals surface area contributed by atoms with E-state index in [9.17, 15) is 4.79 Å². The van der Waals surface area contributed by atoms with E-state index < -0.39 is 0 Å². The standard InChI is InChI=1S/C13H13N3O/c1-14-13(17)10-6-8-7-15-16-11-5-3-2-4-9(10)12(8)11/h3,5-7,16H,2,4H2,1H3,(H,14,17). The van der Waals surface area contributed by atoms with Crippen molar-refractivity contribution in [2.24, 2.45) is 0 Å². The van der Waals surface area contributed by atoms with E-state index in [4.69, 9.17) is 0 Å². The highest BCUT2D eigenvalue weighted by atomic mass is 16.1. The van der Waals surface area contributed by atoms with Crippen LogP contribution in [0.15, 0.2) is 18.3 Å². The Bertz CT molecular complexity index is 583. The van der Waals surface area contributed by atoms with Crippen molar-refractivity contribution in [3.8, 4) is 11.1 Å². The van der Waals surface area contributed by atoms with Crippen LogP contribution in [-0.2, 0) is 6.42 Å². The molecule has 1 amide bonds. The normalized spacial score (nSPS) is 13.7. The molecule has 1 aliphatic heterocycles. The molecular formula is C13H13N3O. The molecule has 0 radical (unpaired) electrons. The summed E-state index contributed by atoms with van der Waals surface area (Å²) in [5.41, 5.74) is 5.04. The van der Waals surface area contributed by atoms with Gasteiger partial charge in [-0.15, -0.1) is 0 Å². The number of nitrogens with zero attached hydrogens (tertiary/aromatic N) is 1. The number of hydrogen-bond donors (Lipinski definition) is 2. The summed E-state index contributed by atoms with van der Waals surface area (Å²) in [5.74, 6) is -0.0240. The molecule has 86 valence electrons. The maximum Gasteiger partial charge on any atom is 0.251 e. The molecule has 0 aromatic rings. The van der Waals surface area contributed by atoms with E-state index >= 15 is 0 Å². The number of rotatable bonds is 1. The third-order valence-electron chi connectivity index (χ3n) is 3.19. The molecule has 0 saturated carbocycles. The highest BCUT2D eigenvalue weighted by molar-refractivity contribution is 6.01. The minimum atomic E-state index is -0.0240. The summed E-state index contributed by atoms with van der Waals surface area (Å²) < 4.78 is 0. The fourth-order valence-corrected chi connectivity index (χ4v) is 2.42. The quantitative estimate of drug-likeness (QED) is 0.781. The second kappa shape index (κ2) is 3.73. The number of amides is 1. The Morgan fingerprint density at radius 2 is 2.41 bits per heavy atom. The van der Waals surface area contributed by atoms with E-state index in [2.05, 4.69) is 21.6 Å². The number of hydrogen-bond acceptors (Lipinski definition) is 2. The molecule has 3 aliphatic rings. The lowest BCUT2D eigenvalue weighted by molar-refractivity contribution is 0.0962. The van der Waals surface area contributed by atoms with Gasteiger partial charge < -0.3 is 5.32 Å². The van der Waals surface area contributed by atoms with Gasteiger partial charge in [-0.3, -0.25) is 9.89 Å². The lowest BCUT2D eigenvalue weighted by Gasteiger charge is -2.05. The maximum atomic E-state index is 11.8. The molecule has 0 fully saturated rings. The molecule has 0 unspecified atom stereocenters. The van der Waals surface area contributed by atoms with E-state index in [1.807, 2.05) is 12.1 Å². The minimum Gasteiger partial charge on any atom is -0.355 e. The molecule has 0 bridgehead atoms. The SMILES string of the molecule is CNC(=O)c1cc2cn[nH]c3c-2c1CCC=C3. The van der Waals surface area contributed by atoms with Gasteiger partial charge in [0.2, 0.25) is 0 Å². The Hall–Kier alpha value is -2.10. The average molecular weight is 227 g/mol. The van der Waals surface area contributed by atoms with Gasteiger partial charge in [-0.25, -0.2) is 0 Å². The first-order valence-electron chi connectivity index (χ1n) is 5.69. The molecule has 0 aromatic heterocycles. The van der Waals surface area contributed by atoms with E-state index in [1.165, 1.54) is 0 Å². The van der Waals surface area contributed by atoms with E-state index in [0.29, 0.717) is 0 Å². The molecule has 0 spiro atoms. The van der Waals surface area contributed by atoms with Crippen molar-refractivity contribution in [2.45, 2.75) is 12.8 Å². The van der Waals surface area contributed by atoms with Crippen LogP contribution >= 0.6 is 0 Å². The highest BCUT2D eigenvalue weighted by Crippen LogP contribution is 2.36. The van der Waals surface area contributed by atoms with Gasteiger partial charge in [0.05, 0.1) is 11.9 Å². The van der Waals surface area contributed by atoms with Gasteiger partial charge in [-0.05, 0) is 30.5 Å². The summed E-state index contributed by atoms with van der Waals surface area (Å²) in [6.07, 6.45) is 7.77. The van der Waals surface area contributed by atoms with Crippen LogP contribution in [0.2, 0.25) is 0 Å². The lowest BCUT2D eigenvalue weighted by Crippen LogP contribution is -2.18. The van der Waals surface area contributed by atoms with Crippen LogP contribution in [0, 0.1) is 0 Å². The highest BCUT2D eigenvalue weighted by Gasteiger charge is 2.23. The zero-order chi connectivity index (χ0) is 11.8. The van der Waals surface area contributed by atoms with Crippen LogP contribution < -0.4 is 5.32 Å². The largest absolute Gasteiger partial charge is 0.355 e. The number of carbonyl (C=O) groups excluding carboxylic acids is 1. The van der Waals surface area contributed by atoms with Crippen molar-refractivity contribution in [1.29, 1.82) is 0 Å². The predicted molar refractivity (Wildman–Crippen MR) is 66.0 cm³/mol. The third-order valence-corrected chi connectivity index (χ3v) is 3.19. The fourth-order valence-electron chi connectivity index (χ4n) is 2.42. The van der Waals surface area contributed by atoms with Crippen LogP contribution in [0.1, 0.15) is 28.0 Å². The van der Waals surface area contributed by atoms with Crippen molar-refractivity contribution < 1.29 is 4.79 Å². The maximum absolute atomic E-state index is 11.8. The second-order valence-corrected chi connectivity index (χ2v) is 4.17. The van der Waals surface area contributed by atoms with Crippen molar-refractivity contribution in [3.05, 3.63) is 35.2 Å². The van der Waals surface area contributed by atoms with Crippen LogP contribution in [0.5, 0.6) is 0 Å². The molecule has 3 rings (SSSR count). The van der Waals surface area contributed by atoms with Gasteiger partial charge in [0.25, 0.3) is 5.91 Å². The molecule has 0 aromatic carbocycles. The summed E-state index contributed by atoms with van der Waals surface area (Å²) in [6.45, 7) is 0. The molecule has 0 saturated heterocycles. The number of allylic oxidation sites excluding steroid dienone is 1. The molecule has 2 aliphatic carbocycles. The number of aromatic amines is 1. The number of carbonyl (C=O) groups is 1. The third kappa shape index (κ3) is 1.45. The number of H-pyrrole nitrogens is 1. The van der Waals surface area contributed by atoms with Crippen molar-refractivity contribution in [3.63, 3.8) is 0 Å². The molecule has 2 N–H and O–H groups in total. The first-order valence-corrected chi connectivity index (χ1v) is 5.69. The smallest absolute Gasteiger partial charge is 0.251 e. The summed E-state index contributed by atoms with van der Waals surface area (Å²) in [5, 5.41) is 9.78. The van der Waals surface area contributed by atoms with Crippen LogP contribution in [0.3, 0.4) is 0 Å². The Labute approximate surface area is 99.1 Å². The zero-order valence-electron chi connectivity index (χ0n) is 9.58. The van der Waals surface area contributed by atoms with Gasteiger partial charge in [0.15, 0.2) is 0 Å². The average Bonchev–Trinajstić information content (AvgIpc) is 2.58. The number of nitrogens with one attached hydrogen (secondary N) is 2. The van der Waals surface area contributed by atoms with Gasteiger partial charge in [0, 0.05) is 23.7 Å². The lowest BCUT2D eigenvalue weighted by atomic mass is 10.0. The second-order valence-electron chi connectivity index (χ2n) is 4.17. The number of aromatic nitrogens is 2. The first-order chi connectivity index (χ1) is 8.31. The fraction of sp³-hybridized carbons (Fsp3) is 0.231. The molecule has 17 heavy (non-hydrogen) atoms. The minimum absolute atomic E-state index is 0.0240. The zero-order valence-corrected chi connectivity index (χ0v) is 9.58. The molecule has 4 nitrogen and oxygen atoms in total. The Balaban J connectivity index is 2.31. The van der Waals surface area contributed by atoms with E-state index in [-0.39, 0.29) is 5.91 Å². The Morgan fingerprint density at radius 3 is 3.24 bits per heavy atom. The summed E-state index contributed by atoms with van der Waals surface area (Å²) in [6, 6.07) is 1.92. The first kappa shape index (κ1) is 10.1. The Kier molecular flexibility index (Phi) is 2.21. The Morgan fingerprint density at radius 1 is 1.53 bits per heavy atom. The molecule has 0 atom stereocenters. The monoisotopic (exact) mass is 227 g/mol. The van der Waals surface area contributed by atoms with Gasteiger partial charge in [-0.1, -0.05) is 6.08 Å². The van der Waals surface area contributed by atoms with Crippen LogP contribution in [0.4, 0.5) is 0 Å². The van der Waals surface area contributed by atoms with Gasteiger partial charge >= 0.3 is 0 Å². The van der Waals surface area contributed by atoms with Crippen molar-refractivity contribution in [2.75, 3.05) is 7.05 Å². The molecular weight excluding hydrogens is 214 g/mol. The van der Waals surface area contributed by atoms with Crippen LogP contribution in [-0.4, -0.2) is 23.2 Å². The molecule has 1 heterocycles. The van der Waals surface area contributed by atoms with Crippen molar-refractivity contribution >= 4 is 12.0 Å². The summed E-state index contributed by atoms with van der Waals surface area (Å²) in [7, 11) is 1.66. The molecule has 4 heteroatoms. The summed E-state index contributed by atoms with van der Waals surface area (Å²) in [4.78, 5) is 11.8. The van der Waals surface area contributed by atoms with E-state index in [1.54, 1.807) is 13.2 Å². The topological polar surface area (TPSA) is 57.8 Å². The van der Waals surface area contributed by atoms with Gasteiger partial charge in [0.1, 0.15) is 0 Å². The summed E-state index contributed by atoms with van der Waals surface area (Å²) >= 11 is 0. The predicted octanol–water partition coefficient (Wildman–Crippen LogP) is 1.83. The van der Waals surface area contributed by atoms with Gasteiger partial charge in [-0.2, -0.15) is 5.10 Å².